The molecule has 0 fully saturated rings. The Labute approximate surface area is 159 Å². The highest BCUT2D eigenvalue weighted by molar-refractivity contribution is 5.80. The molecule has 0 saturated heterocycles. The zero-order valence-electron chi connectivity index (χ0n) is 15.9. The quantitative estimate of drug-likeness (QED) is 0.366. The highest BCUT2D eigenvalue weighted by Gasteiger charge is 2.30. The lowest BCUT2D eigenvalue weighted by molar-refractivity contribution is -0.137. The highest BCUT2D eigenvalue weighted by Crippen LogP contribution is 2.29. The van der Waals surface area contributed by atoms with Crippen LogP contribution >= 0.6 is 0 Å². The molecule has 0 heterocycles. The first-order valence-corrected chi connectivity index (χ1v) is 9.19. The van der Waals surface area contributed by atoms with Gasteiger partial charge in [0, 0.05) is 25.3 Å². The summed E-state index contributed by atoms with van der Waals surface area (Å²) in [6, 6.07) is 4.96. The van der Waals surface area contributed by atoms with E-state index in [1.54, 1.807) is 6.07 Å². The summed E-state index contributed by atoms with van der Waals surface area (Å²) in [7, 11) is 0. The van der Waals surface area contributed by atoms with Crippen molar-refractivity contribution in [3.63, 3.8) is 0 Å². The fourth-order valence-corrected chi connectivity index (χ4v) is 2.53. The second-order valence-corrected chi connectivity index (χ2v) is 6.12. The third-order valence-corrected chi connectivity index (χ3v) is 3.85. The van der Waals surface area contributed by atoms with Gasteiger partial charge < -0.3 is 15.7 Å². The van der Waals surface area contributed by atoms with Gasteiger partial charge in [-0.3, -0.25) is 4.99 Å². The molecule has 150 valence electrons. The van der Waals surface area contributed by atoms with Crippen LogP contribution in [0.25, 0.3) is 0 Å². The second-order valence-electron chi connectivity index (χ2n) is 6.12. The van der Waals surface area contributed by atoms with E-state index >= 15 is 0 Å². The normalized spacial score (nSPS) is 12.9. The smallest absolute Gasteiger partial charge is 0.396 e. The van der Waals surface area contributed by atoms with Crippen molar-refractivity contribution in [3.05, 3.63) is 35.4 Å². The number of aliphatic hydroxyl groups excluding tert-OH is 1. The van der Waals surface area contributed by atoms with Gasteiger partial charge in [0.25, 0.3) is 0 Å². The standard InChI is InChI=1S/C20H28F3N3O/c1-3-7-17(11-13-27)15-26-19(24-4-2)25-12-6-9-16-8-5-10-18(14-16)20(21,22)23/h5,8,10,14,17,27H,3-4,7,11-13,15H2,1-2H3,(H2,24,25,26). The van der Waals surface area contributed by atoms with Crippen molar-refractivity contribution in [2.45, 2.75) is 39.3 Å². The average Bonchev–Trinajstić information content (AvgIpc) is 2.63. The topological polar surface area (TPSA) is 56.7 Å². The van der Waals surface area contributed by atoms with E-state index in [1.807, 2.05) is 6.92 Å². The number of alkyl halides is 3. The minimum atomic E-state index is -4.37. The monoisotopic (exact) mass is 383 g/mol. The van der Waals surface area contributed by atoms with E-state index < -0.39 is 11.7 Å². The molecule has 4 nitrogen and oxygen atoms in total. The first-order chi connectivity index (χ1) is 12.9. The Bertz CT molecular complexity index is 642. The van der Waals surface area contributed by atoms with E-state index in [1.165, 1.54) is 6.07 Å². The molecule has 7 heteroatoms. The van der Waals surface area contributed by atoms with Gasteiger partial charge in [-0.15, -0.1) is 0 Å². The zero-order valence-corrected chi connectivity index (χ0v) is 15.9. The number of aliphatic hydroxyl groups is 1. The van der Waals surface area contributed by atoms with Crippen molar-refractivity contribution in [1.82, 2.24) is 10.6 Å². The van der Waals surface area contributed by atoms with Gasteiger partial charge in [0.05, 0.1) is 12.1 Å². The maximum Gasteiger partial charge on any atom is 0.416 e. The SMILES string of the molecule is CCCC(CCO)CN=C(NCC)NCC#Cc1cccc(C(F)(F)F)c1. The van der Waals surface area contributed by atoms with Gasteiger partial charge in [-0.1, -0.05) is 31.3 Å². The van der Waals surface area contributed by atoms with Crippen LogP contribution in [-0.4, -0.2) is 37.3 Å². The van der Waals surface area contributed by atoms with Crippen LogP contribution in [0.5, 0.6) is 0 Å². The maximum absolute atomic E-state index is 12.7. The van der Waals surface area contributed by atoms with E-state index in [-0.39, 0.29) is 13.2 Å². The summed E-state index contributed by atoms with van der Waals surface area (Å²) in [6.45, 7) is 5.74. The fourth-order valence-electron chi connectivity index (χ4n) is 2.53. The fraction of sp³-hybridized carbons (Fsp3) is 0.550. The summed E-state index contributed by atoms with van der Waals surface area (Å²) in [5.41, 5.74) is -0.387. The molecule has 1 aromatic rings. The molecule has 0 radical (unpaired) electrons. The molecule has 1 unspecified atom stereocenters. The van der Waals surface area contributed by atoms with Crippen LogP contribution < -0.4 is 10.6 Å². The van der Waals surface area contributed by atoms with Crippen LogP contribution in [0.3, 0.4) is 0 Å². The van der Waals surface area contributed by atoms with Crippen LogP contribution in [0.2, 0.25) is 0 Å². The number of halogens is 3. The van der Waals surface area contributed by atoms with E-state index in [4.69, 9.17) is 5.11 Å². The summed E-state index contributed by atoms with van der Waals surface area (Å²) < 4.78 is 38.1. The Morgan fingerprint density at radius 3 is 2.63 bits per heavy atom. The van der Waals surface area contributed by atoms with Crippen molar-refractivity contribution in [2.24, 2.45) is 10.9 Å². The number of aliphatic imine (C=N–C) groups is 1. The van der Waals surface area contributed by atoms with Crippen LogP contribution in [0.4, 0.5) is 13.2 Å². The molecule has 0 spiro atoms. The van der Waals surface area contributed by atoms with Crippen LogP contribution in [0.1, 0.15) is 44.2 Å². The number of guanidine groups is 1. The summed E-state index contributed by atoms with van der Waals surface area (Å²) in [6.07, 6.45) is -1.62. The first-order valence-electron chi connectivity index (χ1n) is 9.19. The minimum absolute atomic E-state index is 0.145. The molecular weight excluding hydrogens is 355 g/mol. The van der Waals surface area contributed by atoms with Gasteiger partial charge in [0.1, 0.15) is 0 Å². The number of nitrogens with one attached hydrogen (secondary N) is 2. The average molecular weight is 383 g/mol. The third kappa shape index (κ3) is 9.34. The minimum Gasteiger partial charge on any atom is -0.396 e. The van der Waals surface area contributed by atoms with Crippen molar-refractivity contribution in [3.8, 4) is 11.8 Å². The molecular formula is C20H28F3N3O. The number of benzene rings is 1. The zero-order chi connectivity index (χ0) is 20.1. The molecule has 3 N–H and O–H groups in total. The predicted octanol–water partition coefficient (Wildman–Crippen LogP) is 3.41. The summed E-state index contributed by atoms with van der Waals surface area (Å²) in [5.74, 6) is 6.48. The van der Waals surface area contributed by atoms with Crippen molar-refractivity contribution in [1.29, 1.82) is 0 Å². The maximum atomic E-state index is 12.7. The van der Waals surface area contributed by atoms with Gasteiger partial charge >= 0.3 is 6.18 Å². The lowest BCUT2D eigenvalue weighted by Crippen LogP contribution is -2.37. The number of hydrogen-bond donors (Lipinski definition) is 3. The molecule has 1 rings (SSSR count). The van der Waals surface area contributed by atoms with E-state index in [0.717, 1.165) is 25.0 Å². The Morgan fingerprint density at radius 2 is 2.00 bits per heavy atom. The first kappa shape index (κ1) is 22.8. The molecule has 0 amide bonds. The Hall–Kier alpha value is -2.20. The van der Waals surface area contributed by atoms with Gasteiger partial charge in [-0.25, -0.2) is 0 Å². The van der Waals surface area contributed by atoms with E-state index in [9.17, 15) is 13.2 Å². The van der Waals surface area contributed by atoms with Crippen LogP contribution in [0, 0.1) is 17.8 Å². The predicted molar refractivity (Wildman–Crippen MR) is 102 cm³/mol. The van der Waals surface area contributed by atoms with E-state index in [2.05, 4.69) is 34.4 Å². The van der Waals surface area contributed by atoms with Gasteiger partial charge in [0.15, 0.2) is 5.96 Å². The third-order valence-electron chi connectivity index (χ3n) is 3.85. The molecule has 0 aliphatic rings. The summed E-state index contributed by atoms with van der Waals surface area (Å²) in [5, 5.41) is 15.3. The molecule has 0 aliphatic carbocycles. The van der Waals surface area contributed by atoms with E-state index in [0.29, 0.717) is 37.0 Å². The summed E-state index contributed by atoms with van der Waals surface area (Å²) in [4.78, 5) is 4.51. The van der Waals surface area contributed by atoms with Crippen LogP contribution in [0.15, 0.2) is 29.3 Å². The van der Waals surface area contributed by atoms with Crippen molar-refractivity contribution in [2.75, 3.05) is 26.2 Å². The molecule has 0 aromatic heterocycles. The van der Waals surface area contributed by atoms with Gasteiger partial charge in [-0.2, -0.15) is 13.2 Å². The largest absolute Gasteiger partial charge is 0.416 e. The number of nitrogens with zero attached hydrogens (tertiary/aromatic N) is 1. The van der Waals surface area contributed by atoms with Gasteiger partial charge in [0.2, 0.25) is 0 Å². The lowest BCUT2D eigenvalue weighted by Gasteiger charge is -2.14. The Morgan fingerprint density at radius 1 is 1.22 bits per heavy atom. The highest BCUT2D eigenvalue weighted by atomic mass is 19.4. The lowest BCUT2D eigenvalue weighted by atomic mass is 10.0. The number of hydrogen-bond acceptors (Lipinski definition) is 2. The molecule has 0 aliphatic heterocycles. The summed E-state index contributed by atoms with van der Waals surface area (Å²) >= 11 is 0. The molecule has 0 bridgehead atoms. The molecule has 1 aromatic carbocycles. The Kier molecular flexibility index (Phi) is 10.3. The van der Waals surface area contributed by atoms with Crippen molar-refractivity contribution >= 4 is 5.96 Å². The number of rotatable bonds is 8. The van der Waals surface area contributed by atoms with Crippen LogP contribution in [-0.2, 0) is 6.18 Å². The van der Waals surface area contributed by atoms with Crippen molar-refractivity contribution < 1.29 is 18.3 Å². The second kappa shape index (κ2) is 12.2. The molecule has 0 saturated carbocycles. The molecule has 1 atom stereocenters. The van der Waals surface area contributed by atoms with Gasteiger partial charge in [-0.05, 0) is 43.9 Å². The Balaban J connectivity index is 2.65. The molecule has 27 heavy (non-hydrogen) atoms.